The molecule has 0 bridgehead atoms. The Labute approximate surface area is 183 Å². The lowest BCUT2D eigenvalue weighted by atomic mass is 10.1. The van der Waals surface area contributed by atoms with Crippen molar-refractivity contribution in [1.29, 1.82) is 0 Å². The second-order valence-electron chi connectivity index (χ2n) is 6.57. The zero-order chi connectivity index (χ0) is 21.7. The summed E-state index contributed by atoms with van der Waals surface area (Å²) in [6.45, 7) is 1.49. The van der Waals surface area contributed by atoms with Crippen LogP contribution in [0.3, 0.4) is 0 Å². The lowest BCUT2D eigenvalue weighted by Gasteiger charge is -2.09. The van der Waals surface area contributed by atoms with Gasteiger partial charge in [-0.05, 0) is 55.0 Å². The number of rotatable bonds is 7. The van der Waals surface area contributed by atoms with Crippen molar-refractivity contribution in [3.05, 3.63) is 94.0 Å². The molecule has 0 atom stereocenters. The summed E-state index contributed by atoms with van der Waals surface area (Å²) in [5, 5.41) is 2.80. The Morgan fingerprint density at radius 1 is 0.900 bits per heavy atom. The number of anilines is 1. The number of ketones is 1. The van der Waals surface area contributed by atoms with Crippen LogP contribution in [0.5, 0.6) is 0 Å². The number of halogens is 1. The largest absolute Gasteiger partial charge is 0.322 e. The molecule has 0 aliphatic rings. The summed E-state index contributed by atoms with van der Waals surface area (Å²) >= 11 is 3.36. The number of carbonyl (C=O) groups excluding carboxylic acids is 2. The Bertz CT molecular complexity index is 1170. The molecule has 0 heterocycles. The zero-order valence-electron chi connectivity index (χ0n) is 16.1. The molecule has 3 aromatic rings. The van der Waals surface area contributed by atoms with Crippen LogP contribution >= 0.6 is 15.9 Å². The minimum absolute atomic E-state index is 0.0737. The van der Waals surface area contributed by atoms with Gasteiger partial charge in [0.1, 0.15) is 0 Å². The average molecular weight is 487 g/mol. The first-order valence-electron chi connectivity index (χ1n) is 9.01. The van der Waals surface area contributed by atoms with E-state index in [9.17, 15) is 18.0 Å². The van der Waals surface area contributed by atoms with Crippen LogP contribution in [0.4, 0.5) is 5.69 Å². The molecule has 2 N–H and O–H groups in total. The maximum absolute atomic E-state index is 12.4. The topological polar surface area (TPSA) is 92.3 Å². The van der Waals surface area contributed by atoms with Crippen molar-refractivity contribution in [3.63, 3.8) is 0 Å². The molecule has 0 saturated heterocycles. The Kier molecular flexibility index (Phi) is 6.81. The van der Waals surface area contributed by atoms with Gasteiger partial charge in [0.15, 0.2) is 5.78 Å². The normalized spacial score (nSPS) is 11.1. The number of carbonyl (C=O) groups is 2. The first-order chi connectivity index (χ1) is 14.2. The van der Waals surface area contributed by atoms with Crippen LogP contribution < -0.4 is 10.0 Å². The van der Waals surface area contributed by atoms with Crippen LogP contribution in [-0.2, 0) is 16.6 Å². The molecule has 0 radical (unpaired) electrons. The van der Waals surface area contributed by atoms with E-state index in [-0.39, 0.29) is 23.1 Å². The number of hydrogen-bond donors (Lipinski definition) is 2. The van der Waals surface area contributed by atoms with Crippen LogP contribution in [0.15, 0.2) is 82.2 Å². The van der Waals surface area contributed by atoms with Crippen LogP contribution in [0.1, 0.15) is 33.2 Å². The summed E-state index contributed by atoms with van der Waals surface area (Å²) in [6, 6.07) is 19.7. The van der Waals surface area contributed by atoms with Crippen molar-refractivity contribution in [1.82, 2.24) is 4.72 Å². The number of sulfonamides is 1. The highest BCUT2D eigenvalue weighted by Gasteiger charge is 2.14. The standard InChI is InChI=1S/C22H19BrN2O4S/c1-15(26)17-9-11-21(12-10-17)30(28,29)24-14-16-5-7-18(8-6-16)22(27)25-20-4-2-3-19(23)13-20/h2-13,24H,14H2,1H3,(H,25,27). The molecule has 3 aromatic carbocycles. The second-order valence-corrected chi connectivity index (χ2v) is 9.25. The van der Waals surface area contributed by atoms with E-state index in [1.807, 2.05) is 12.1 Å². The highest BCUT2D eigenvalue weighted by molar-refractivity contribution is 9.10. The number of amides is 1. The molecule has 0 spiro atoms. The minimum Gasteiger partial charge on any atom is -0.322 e. The van der Waals surface area contributed by atoms with Gasteiger partial charge in [-0.25, -0.2) is 13.1 Å². The molecule has 6 nitrogen and oxygen atoms in total. The summed E-state index contributed by atoms with van der Waals surface area (Å²) in [7, 11) is -3.72. The molecule has 3 rings (SSSR count). The molecule has 0 aliphatic heterocycles. The molecule has 30 heavy (non-hydrogen) atoms. The molecule has 0 fully saturated rings. The van der Waals surface area contributed by atoms with Crippen molar-refractivity contribution >= 4 is 43.3 Å². The maximum atomic E-state index is 12.4. The van der Waals surface area contributed by atoms with E-state index in [4.69, 9.17) is 0 Å². The fraction of sp³-hybridized carbons (Fsp3) is 0.0909. The van der Waals surface area contributed by atoms with Crippen molar-refractivity contribution in [2.24, 2.45) is 0 Å². The highest BCUT2D eigenvalue weighted by Crippen LogP contribution is 2.17. The fourth-order valence-corrected chi connectivity index (χ4v) is 4.09. The van der Waals surface area contributed by atoms with Crippen LogP contribution in [0, 0.1) is 0 Å². The van der Waals surface area contributed by atoms with Gasteiger partial charge in [-0.3, -0.25) is 9.59 Å². The van der Waals surface area contributed by atoms with E-state index in [2.05, 4.69) is 26.0 Å². The molecule has 1 amide bonds. The quantitative estimate of drug-likeness (QED) is 0.484. The molecular formula is C22H19BrN2O4S. The molecule has 0 aromatic heterocycles. The van der Waals surface area contributed by atoms with Gasteiger partial charge >= 0.3 is 0 Å². The van der Waals surface area contributed by atoms with Crippen molar-refractivity contribution in [3.8, 4) is 0 Å². The number of benzene rings is 3. The van der Waals surface area contributed by atoms with Crippen molar-refractivity contribution in [2.45, 2.75) is 18.4 Å². The highest BCUT2D eigenvalue weighted by atomic mass is 79.9. The third kappa shape index (κ3) is 5.63. The van der Waals surface area contributed by atoms with Gasteiger partial charge in [-0.1, -0.05) is 46.3 Å². The van der Waals surface area contributed by atoms with E-state index in [0.29, 0.717) is 22.4 Å². The molecule has 154 valence electrons. The summed E-state index contributed by atoms with van der Waals surface area (Å²) in [5.41, 5.74) is 2.28. The maximum Gasteiger partial charge on any atom is 0.255 e. The van der Waals surface area contributed by atoms with Gasteiger partial charge in [0.2, 0.25) is 10.0 Å². The minimum atomic E-state index is -3.72. The van der Waals surface area contributed by atoms with Gasteiger partial charge in [-0.15, -0.1) is 0 Å². The smallest absolute Gasteiger partial charge is 0.255 e. The second kappa shape index (κ2) is 9.34. The third-order valence-corrected chi connectivity index (χ3v) is 6.25. The fourth-order valence-electron chi connectivity index (χ4n) is 2.67. The predicted molar refractivity (Wildman–Crippen MR) is 119 cm³/mol. The van der Waals surface area contributed by atoms with Crippen molar-refractivity contribution in [2.75, 3.05) is 5.32 Å². The molecule has 0 unspecified atom stereocenters. The van der Waals surface area contributed by atoms with Gasteiger partial charge < -0.3 is 5.32 Å². The first-order valence-corrected chi connectivity index (χ1v) is 11.3. The third-order valence-electron chi connectivity index (χ3n) is 4.34. The van der Waals surface area contributed by atoms with Gasteiger partial charge in [0.25, 0.3) is 5.91 Å². The summed E-state index contributed by atoms with van der Waals surface area (Å²) in [6.07, 6.45) is 0. The Morgan fingerprint density at radius 2 is 1.53 bits per heavy atom. The van der Waals surface area contributed by atoms with Crippen molar-refractivity contribution < 1.29 is 18.0 Å². The van der Waals surface area contributed by atoms with E-state index >= 15 is 0 Å². The summed E-state index contributed by atoms with van der Waals surface area (Å²) < 4.78 is 28.2. The van der Waals surface area contributed by atoms with E-state index in [1.165, 1.54) is 31.2 Å². The number of hydrogen-bond acceptors (Lipinski definition) is 4. The van der Waals surface area contributed by atoms with Crippen LogP contribution in [0.2, 0.25) is 0 Å². The molecule has 0 aliphatic carbocycles. The Morgan fingerprint density at radius 3 is 2.13 bits per heavy atom. The summed E-state index contributed by atoms with van der Waals surface area (Å²) in [5.74, 6) is -0.387. The lowest BCUT2D eigenvalue weighted by molar-refractivity contribution is 0.101. The molecule has 0 saturated carbocycles. The Hall–Kier alpha value is -2.81. The van der Waals surface area contributed by atoms with Gasteiger partial charge in [0.05, 0.1) is 4.90 Å². The van der Waals surface area contributed by atoms with Gasteiger partial charge in [0, 0.05) is 27.8 Å². The monoisotopic (exact) mass is 486 g/mol. The van der Waals surface area contributed by atoms with Crippen LogP contribution in [0.25, 0.3) is 0 Å². The van der Waals surface area contributed by atoms with E-state index in [0.717, 1.165) is 4.47 Å². The predicted octanol–water partition coefficient (Wildman–Crippen LogP) is 4.38. The van der Waals surface area contributed by atoms with Crippen LogP contribution in [-0.4, -0.2) is 20.1 Å². The number of Topliss-reactive ketones (excluding diaryl/α,β-unsaturated/α-hetero) is 1. The van der Waals surface area contributed by atoms with E-state index < -0.39 is 10.0 Å². The Balaban J connectivity index is 1.62. The lowest BCUT2D eigenvalue weighted by Crippen LogP contribution is -2.23. The average Bonchev–Trinajstić information content (AvgIpc) is 2.73. The number of nitrogens with one attached hydrogen (secondary N) is 2. The molecule has 8 heteroatoms. The van der Waals surface area contributed by atoms with E-state index in [1.54, 1.807) is 36.4 Å². The summed E-state index contributed by atoms with van der Waals surface area (Å²) in [4.78, 5) is 23.7. The first kappa shape index (κ1) is 21.9. The zero-order valence-corrected chi connectivity index (χ0v) is 18.5. The molecular weight excluding hydrogens is 468 g/mol. The van der Waals surface area contributed by atoms with Gasteiger partial charge in [-0.2, -0.15) is 0 Å². The SMILES string of the molecule is CC(=O)c1ccc(S(=O)(=O)NCc2ccc(C(=O)Nc3cccc(Br)c3)cc2)cc1.